The molecule has 2 N–H and O–H groups in total. The summed E-state index contributed by atoms with van der Waals surface area (Å²) in [6, 6.07) is 14.2. The molecule has 0 spiro atoms. The Balaban J connectivity index is 1.91. The number of anilines is 1. The molecule has 1 amide bonds. The van der Waals surface area contributed by atoms with Crippen molar-refractivity contribution in [2.24, 2.45) is 0 Å². The molecular formula is C18H19ClN2O3. The highest BCUT2D eigenvalue weighted by molar-refractivity contribution is 6.31. The average Bonchev–Trinajstić information content (AvgIpc) is 2.57. The van der Waals surface area contributed by atoms with Crippen molar-refractivity contribution in [1.29, 1.82) is 0 Å². The largest absolute Gasteiger partial charge is 0.462 e. The third-order valence-corrected chi connectivity index (χ3v) is 3.62. The van der Waals surface area contributed by atoms with Crippen molar-refractivity contribution in [2.75, 3.05) is 18.5 Å². The Morgan fingerprint density at radius 2 is 1.79 bits per heavy atom. The molecule has 0 bridgehead atoms. The summed E-state index contributed by atoms with van der Waals surface area (Å²) in [4.78, 5) is 23.9. The maximum Gasteiger partial charge on any atom is 0.340 e. The number of benzene rings is 2. The van der Waals surface area contributed by atoms with Crippen LogP contribution in [0.15, 0.2) is 48.5 Å². The fourth-order valence-electron chi connectivity index (χ4n) is 2.13. The van der Waals surface area contributed by atoms with Crippen molar-refractivity contribution in [2.45, 2.75) is 13.5 Å². The topological polar surface area (TPSA) is 67.4 Å². The Bertz CT molecular complexity index is 719. The molecule has 2 aromatic carbocycles. The number of nitrogens with one attached hydrogen (secondary N) is 2. The van der Waals surface area contributed by atoms with Gasteiger partial charge in [-0.2, -0.15) is 0 Å². The van der Waals surface area contributed by atoms with Crippen LogP contribution >= 0.6 is 11.6 Å². The van der Waals surface area contributed by atoms with Crippen LogP contribution in [-0.2, 0) is 16.1 Å². The van der Waals surface area contributed by atoms with Gasteiger partial charge in [0.2, 0.25) is 5.91 Å². The predicted octanol–water partition coefficient (Wildman–Crippen LogP) is 3.25. The molecule has 0 aliphatic heterocycles. The van der Waals surface area contributed by atoms with E-state index in [1.807, 2.05) is 18.2 Å². The Labute approximate surface area is 146 Å². The first-order valence-corrected chi connectivity index (χ1v) is 7.99. The Hall–Kier alpha value is -2.37. The van der Waals surface area contributed by atoms with Crippen molar-refractivity contribution in [3.05, 3.63) is 64.7 Å². The zero-order valence-electron chi connectivity index (χ0n) is 13.3. The minimum atomic E-state index is -0.461. The van der Waals surface area contributed by atoms with Gasteiger partial charge in [0.15, 0.2) is 0 Å². The van der Waals surface area contributed by atoms with Gasteiger partial charge in [0, 0.05) is 11.6 Å². The van der Waals surface area contributed by atoms with Crippen molar-refractivity contribution < 1.29 is 14.3 Å². The molecule has 0 saturated carbocycles. The van der Waals surface area contributed by atoms with Crippen molar-refractivity contribution >= 4 is 29.2 Å². The van der Waals surface area contributed by atoms with Gasteiger partial charge in [-0.1, -0.05) is 41.9 Å². The van der Waals surface area contributed by atoms with Gasteiger partial charge in [-0.25, -0.2) is 4.79 Å². The van der Waals surface area contributed by atoms with Crippen molar-refractivity contribution in [3.63, 3.8) is 0 Å². The molecule has 0 radical (unpaired) electrons. The summed E-state index contributed by atoms with van der Waals surface area (Å²) >= 11 is 6.06. The van der Waals surface area contributed by atoms with Gasteiger partial charge in [0.1, 0.15) is 0 Å². The van der Waals surface area contributed by atoms with Crippen LogP contribution in [0.3, 0.4) is 0 Å². The predicted molar refractivity (Wildman–Crippen MR) is 94.2 cm³/mol. The molecule has 126 valence electrons. The second-order valence-corrected chi connectivity index (χ2v) is 5.42. The summed E-state index contributed by atoms with van der Waals surface area (Å²) in [6.45, 7) is 2.59. The standard InChI is InChI=1S/C18H19ClN2O3/c1-2-24-18(23)14-8-4-6-10-16(14)21-17(22)12-20-11-13-7-3-5-9-15(13)19/h3-10,20H,2,11-12H2,1H3,(H,21,22). The number of ether oxygens (including phenoxy) is 1. The molecule has 0 unspecified atom stereocenters. The van der Waals surface area contributed by atoms with E-state index in [0.717, 1.165) is 5.56 Å². The smallest absolute Gasteiger partial charge is 0.340 e. The van der Waals surface area contributed by atoms with Gasteiger partial charge < -0.3 is 15.4 Å². The lowest BCUT2D eigenvalue weighted by atomic mass is 10.2. The SMILES string of the molecule is CCOC(=O)c1ccccc1NC(=O)CNCc1ccccc1Cl. The van der Waals surface area contributed by atoms with E-state index in [9.17, 15) is 9.59 Å². The van der Waals surface area contributed by atoms with E-state index >= 15 is 0 Å². The number of hydrogen-bond acceptors (Lipinski definition) is 4. The molecule has 2 aromatic rings. The Kier molecular flexibility index (Phi) is 6.78. The number of carbonyl (C=O) groups is 2. The van der Waals surface area contributed by atoms with Gasteiger partial charge in [0.05, 0.1) is 24.4 Å². The molecule has 0 fully saturated rings. The zero-order valence-corrected chi connectivity index (χ0v) is 14.1. The van der Waals surface area contributed by atoms with E-state index in [2.05, 4.69) is 10.6 Å². The molecule has 0 saturated heterocycles. The maximum absolute atomic E-state index is 12.1. The lowest BCUT2D eigenvalue weighted by Gasteiger charge is -2.11. The van der Waals surface area contributed by atoms with Crippen LogP contribution in [0, 0.1) is 0 Å². The minimum absolute atomic E-state index is 0.0996. The number of halogens is 1. The van der Waals surface area contributed by atoms with Crippen molar-refractivity contribution in [3.8, 4) is 0 Å². The highest BCUT2D eigenvalue weighted by atomic mass is 35.5. The average molecular weight is 347 g/mol. The molecule has 0 heterocycles. The Morgan fingerprint density at radius 1 is 1.08 bits per heavy atom. The van der Waals surface area contributed by atoms with Gasteiger partial charge in [0.25, 0.3) is 0 Å². The van der Waals surface area contributed by atoms with Crippen LogP contribution in [0.4, 0.5) is 5.69 Å². The van der Waals surface area contributed by atoms with E-state index in [-0.39, 0.29) is 19.1 Å². The second-order valence-electron chi connectivity index (χ2n) is 5.01. The van der Waals surface area contributed by atoms with Crippen LogP contribution in [0.2, 0.25) is 5.02 Å². The van der Waals surface area contributed by atoms with Gasteiger partial charge in [-0.3, -0.25) is 4.79 Å². The summed E-state index contributed by atoms with van der Waals surface area (Å²) in [6.07, 6.45) is 0. The molecule has 0 aromatic heterocycles. The van der Waals surface area contributed by atoms with Crippen LogP contribution in [0.1, 0.15) is 22.8 Å². The number of carbonyl (C=O) groups excluding carboxylic acids is 2. The summed E-state index contributed by atoms with van der Waals surface area (Å²) in [5.41, 5.74) is 1.68. The molecule has 2 rings (SSSR count). The number of esters is 1. The first kappa shape index (κ1) is 18.0. The molecular weight excluding hydrogens is 328 g/mol. The second kappa shape index (κ2) is 9.05. The third-order valence-electron chi connectivity index (χ3n) is 3.26. The minimum Gasteiger partial charge on any atom is -0.462 e. The molecule has 0 aliphatic carbocycles. The lowest BCUT2D eigenvalue weighted by Crippen LogP contribution is -2.28. The van der Waals surface area contributed by atoms with Crippen molar-refractivity contribution in [1.82, 2.24) is 5.32 Å². The van der Waals surface area contributed by atoms with E-state index in [1.54, 1.807) is 37.3 Å². The monoisotopic (exact) mass is 346 g/mol. The van der Waals surface area contributed by atoms with E-state index in [0.29, 0.717) is 22.8 Å². The summed E-state index contributed by atoms with van der Waals surface area (Å²) in [5, 5.41) is 6.39. The van der Waals surface area contributed by atoms with Crippen LogP contribution in [0.5, 0.6) is 0 Å². The lowest BCUT2D eigenvalue weighted by molar-refractivity contribution is -0.115. The maximum atomic E-state index is 12.1. The molecule has 5 nitrogen and oxygen atoms in total. The number of amides is 1. The van der Waals surface area contributed by atoms with Gasteiger partial charge in [-0.05, 0) is 30.7 Å². The molecule has 24 heavy (non-hydrogen) atoms. The number of hydrogen-bond donors (Lipinski definition) is 2. The molecule has 0 atom stereocenters. The Morgan fingerprint density at radius 3 is 2.54 bits per heavy atom. The quantitative estimate of drug-likeness (QED) is 0.755. The van der Waals surface area contributed by atoms with E-state index in [4.69, 9.17) is 16.3 Å². The number of para-hydroxylation sites is 1. The fourth-order valence-corrected chi connectivity index (χ4v) is 2.33. The first-order valence-electron chi connectivity index (χ1n) is 7.62. The van der Waals surface area contributed by atoms with Gasteiger partial charge in [-0.15, -0.1) is 0 Å². The third kappa shape index (κ3) is 5.08. The number of rotatable bonds is 7. The van der Waals surface area contributed by atoms with Crippen LogP contribution < -0.4 is 10.6 Å². The highest BCUT2D eigenvalue weighted by Crippen LogP contribution is 2.16. The molecule has 6 heteroatoms. The summed E-state index contributed by atoms with van der Waals surface area (Å²) in [7, 11) is 0. The van der Waals surface area contributed by atoms with Gasteiger partial charge >= 0.3 is 5.97 Å². The molecule has 0 aliphatic rings. The zero-order chi connectivity index (χ0) is 17.4. The normalized spacial score (nSPS) is 10.2. The van der Waals surface area contributed by atoms with E-state index in [1.165, 1.54) is 0 Å². The van der Waals surface area contributed by atoms with E-state index < -0.39 is 5.97 Å². The fraction of sp³-hybridized carbons (Fsp3) is 0.222. The van der Waals surface area contributed by atoms with Crippen LogP contribution in [0.25, 0.3) is 0 Å². The first-order chi connectivity index (χ1) is 11.6. The van der Waals surface area contributed by atoms with Crippen LogP contribution in [-0.4, -0.2) is 25.0 Å². The highest BCUT2D eigenvalue weighted by Gasteiger charge is 2.13. The summed E-state index contributed by atoms with van der Waals surface area (Å²) in [5.74, 6) is -0.712. The summed E-state index contributed by atoms with van der Waals surface area (Å²) < 4.78 is 4.98.